The summed E-state index contributed by atoms with van der Waals surface area (Å²) in [4.78, 5) is 32.0. The van der Waals surface area contributed by atoms with Gasteiger partial charge in [-0.05, 0) is 86.6 Å². The maximum atomic E-state index is 12.3. The van der Waals surface area contributed by atoms with Crippen LogP contribution in [0.3, 0.4) is 0 Å². The lowest BCUT2D eigenvalue weighted by atomic mass is 10.1. The van der Waals surface area contributed by atoms with Gasteiger partial charge in [-0.1, -0.05) is 10.3 Å². The summed E-state index contributed by atoms with van der Waals surface area (Å²) in [6.45, 7) is 3.66. The van der Waals surface area contributed by atoms with Crippen LogP contribution in [-0.4, -0.2) is 48.6 Å². The first kappa shape index (κ1) is 39.7. The van der Waals surface area contributed by atoms with Gasteiger partial charge in [0.15, 0.2) is 17.0 Å². The molecule has 6 heterocycles. The molecule has 0 atom stereocenters. The Morgan fingerprint density at radius 2 is 1.25 bits per heavy atom. The Kier molecular flexibility index (Phi) is 11.4. The number of esters is 1. The molecule has 0 amide bonds. The van der Waals surface area contributed by atoms with Crippen molar-refractivity contribution < 1.29 is 63.9 Å². The van der Waals surface area contributed by atoms with Crippen molar-refractivity contribution in [2.45, 2.75) is 46.1 Å². The normalized spacial score (nSPS) is 12.3. The van der Waals surface area contributed by atoms with Crippen LogP contribution in [0.4, 0.5) is 26.3 Å². The average molecular weight is 800 g/mol. The van der Waals surface area contributed by atoms with Crippen molar-refractivity contribution in [1.82, 2.24) is 24.8 Å². The molecule has 20 heteroatoms. The topological polar surface area (TPSA) is 178 Å². The molecule has 1 aliphatic rings. The van der Waals surface area contributed by atoms with E-state index >= 15 is 0 Å². The van der Waals surface area contributed by atoms with E-state index in [-0.39, 0.29) is 37.0 Å². The summed E-state index contributed by atoms with van der Waals surface area (Å²) in [5.41, 5.74) is 4.75. The highest BCUT2D eigenvalue weighted by Gasteiger charge is 2.32. The van der Waals surface area contributed by atoms with Crippen LogP contribution in [-0.2, 0) is 24.4 Å². The summed E-state index contributed by atoms with van der Waals surface area (Å²) in [6.07, 6.45) is -6.37. The lowest BCUT2D eigenvalue weighted by molar-refractivity contribution is -0.275. The molecule has 7 aromatic rings. The third-order valence-corrected chi connectivity index (χ3v) is 7.95. The summed E-state index contributed by atoms with van der Waals surface area (Å²) in [5, 5.41) is 15.6. The number of oxazole rings is 1. The number of nitrogens with zero attached hydrogens (tertiary/aromatic N) is 5. The molecule has 0 saturated carbocycles. The quantitative estimate of drug-likeness (QED) is 0.124. The van der Waals surface area contributed by atoms with E-state index in [4.69, 9.17) is 18.8 Å². The molecule has 0 bridgehead atoms. The van der Waals surface area contributed by atoms with Crippen LogP contribution in [0.15, 0.2) is 103 Å². The molecule has 0 fully saturated rings. The van der Waals surface area contributed by atoms with Crippen molar-refractivity contribution >= 4 is 17.2 Å². The number of ether oxygens (including phenoxy) is 3. The molecule has 2 aromatic carbocycles. The summed E-state index contributed by atoms with van der Waals surface area (Å²) in [7, 11) is 0. The minimum absolute atomic E-state index is 0.00926. The number of carbonyl (C=O) groups is 1. The molecule has 1 N–H and O–H groups in total. The molecule has 0 radical (unpaired) electrons. The van der Waals surface area contributed by atoms with Crippen LogP contribution >= 0.6 is 0 Å². The molecular weight excluding hydrogens is 772 g/mol. The van der Waals surface area contributed by atoms with Crippen LogP contribution < -0.4 is 20.0 Å². The molecule has 14 nitrogen and oxygen atoms in total. The van der Waals surface area contributed by atoms with Gasteiger partial charge in [-0.25, -0.2) is 14.8 Å². The van der Waals surface area contributed by atoms with E-state index in [0.717, 1.165) is 5.56 Å². The first-order valence-electron chi connectivity index (χ1n) is 16.4. The number of aliphatic hydroxyl groups excluding tert-OH is 1. The van der Waals surface area contributed by atoms with Gasteiger partial charge in [0.05, 0.1) is 49.0 Å². The molecular formula is C37H27F6N5O9. The molecule has 8 rings (SSSR count). The van der Waals surface area contributed by atoms with E-state index < -0.39 is 18.5 Å². The predicted molar refractivity (Wildman–Crippen MR) is 184 cm³/mol. The van der Waals surface area contributed by atoms with Gasteiger partial charge < -0.3 is 32.8 Å². The summed E-state index contributed by atoms with van der Waals surface area (Å²) >= 11 is 0. The molecule has 1 aliphatic heterocycles. The minimum atomic E-state index is -4.76. The van der Waals surface area contributed by atoms with Crippen molar-refractivity contribution in [2.75, 3.05) is 0 Å². The third-order valence-electron chi connectivity index (χ3n) is 7.95. The van der Waals surface area contributed by atoms with Crippen LogP contribution in [0.5, 0.6) is 17.2 Å². The average Bonchev–Trinajstić information content (AvgIpc) is 3.94. The van der Waals surface area contributed by atoms with Gasteiger partial charge in [-0.2, -0.15) is 0 Å². The van der Waals surface area contributed by atoms with Gasteiger partial charge in [-0.3, -0.25) is 9.36 Å². The molecule has 296 valence electrons. The van der Waals surface area contributed by atoms with E-state index in [2.05, 4.69) is 34.3 Å². The highest BCUT2D eigenvalue weighted by atomic mass is 19.4. The smallest absolute Gasteiger partial charge is 0.424 e. The number of hydrogen-bond acceptors (Lipinski definition) is 13. The van der Waals surface area contributed by atoms with E-state index in [1.807, 2.05) is 0 Å². The second-order valence-corrected chi connectivity index (χ2v) is 11.9. The lowest BCUT2D eigenvalue weighted by Gasteiger charge is -2.09. The molecule has 0 aliphatic carbocycles. The fourth-order valence-corrected chi connectivity index (χ4v) is 5.18. The molecule has 0 saturated heterocycles. The lowest BCUT2D eigenvalue weighted by Crippen LogP contribution is -2.17. The zero-order valence-corrected chi connectivity index (χ0v) is 29.4. The minimum Gasteiger partial charge on any atom is -0.424 e. The number of pyridine rings is 2. The molecule has 0 unspecified atom stereocenters. The third kappa shape index (κ3) is 10.2. The van der Waals surface area contributed by atoms with E-state index in [1.54, 1.807) is 38.1 Å². The van der Waals surface area contributed by atoms with Crippen LogP contribution in [0, 0.1) is 13.8 Å². The SMILES string of the molecule is Cc1oncc1CO.Cc1oncc1Cn1c(=O)oc2ccc(-c3ccc(OC(F)(F)F)cc3)nc21.O=C1Cc2nc(-c3ccc(OC(F)(F)F)cc3)ccc2O1. The molecule has 0 spiro atoms. The summed E-state index contributed by atoms with van der Waals surface area (Å²) < 4.78 is 102. The molecule has 57 heavy (non-hydrogen) atoms. The maximum Gasteiger partial charge on any atom is 0.573 e. The van der Waals surface area contributed by atoms with Crippen molar-refractivity contribution in [1.29, 1.82) is 0 Å². The highest BCUT2D eigenvalue weighted by molar-refractivity contribution is 5.80. The fourth-order valence-electron chi connectivity index (χ4n) is 5.18. The standard InChI is InChI=1S/C18H12F3N3O4.C14H8F3NO3.C5H7NO2/c1-10-12(8-22-28-10)9-24-16-15(26-17(24)25)7-6-14(23-16)11-2-4-13(5-3-11)27-18(19,20)21;15-14(16,17)21-9-3-1-8(2-4-9)10-5-6-12-11(18-10)7-13(19)20-12;1-4-5(3-7)2-6-8-4/h2-8H,9H2,1H3;1-6H,7H2;2,7H,3H2,1H3. The Morgan fingerprint density at radius 3 is 1.74 bits per heavy atom. The van der Waals surface area contributed by atoms with Gasteiger partial charge in [0, 0.05) is 22.3 Å². The Labute approximate surface area is 315 Å². The number of benzene rings is 2. The van der Waals surface area contributed by atoms with Crippen molar-refractivity contribution in [3.63, 3.8) is 0 Å². The highest BCUT2D eigenvalue weighted by Crippen LogP contribution is 2.30. The zero-order valence-electron chi connectivity index (χ0n) is 29.4. The van der Waals surface area contributed by atoms with Crippen molar-refractivity contribution in [3.05, 3.63) is 124 Å². The van der Waals surface area contributed by atoms with Gasteiger partial charge in [0.1, 0.15) is 23.0 Å². The Balaban J connectivity index is 0.000000166. The second kappa shape index (κ2) is 16.4. The number of rotatable bonds is 7. The predicted octanol–water partition coefficient (Wildman–Crippen LogP) is 7.48. The van der Waals surface area contributed by atoms with Crippen LogP contribution in [0.1, 0.15) is 28.3 Å². The number of hydrogen-bond donors (Lipinski definition) is 1. The first-order valence-corrected chi connectivity index (χ1v) is 16.4. The Hall–Kier alpha value is -6.96. The van der Waals surface area contributed by atoms with E-state index in [0.29, 0.717) is 62.3 Å². The van der Waals surface area contributed by atoms with Crippen molar-refractivity contribution in [3.8, 4) is 39.8 Å². The number of fused-ring (bicyclic) bond motifs is 2. The summed E-state index contributed by atoms with van der Waals surface area (Å²) in [6, 6.07) is 17.1. The monoisotopic (exact) mass is 799 g/mol. The Bertz CT molecular complexity index is 2540. The number of alkyl halides is 6. The maximum absolute atomic E-state index is 12.3. The molecule has 5 aromatic heterocycles. The number of aliphatic hydroxyl groups is 1. The number of halogens is 6. The van der Waals surface area contributed by atoms with E-state index in [1.165, 1.54) is 65.5 Å². The van der Waals surface area contributed by atoms with Crippen LogP contribution in [0.2, 0.25) is 0 Å². The largest absolute Gasteiger partial charge is 0.573 e. The van der Waals surface area contributed by atoms with Crippen LogP contribution in [0.25, 0.3) is 33.7 Å². The van der Waals surface area contributed by atoms with Gasteiger partial charge >= 0.3 is 24.5 Å². The van der Waals surface area contributed by atoms with Gasteiger partial charge in [0.25, 0.3) is 0 Å². The Morgan fingerprint density at radius 1 is 0.719 bits per heavy atom. The van der Waals surface area contributed by atoms with Gasteiger partial charge in [-0.15, -0.1) is 26.3 Å². The van der Waals surface area contributed by atoms with E-state index in [9.17, 15) is 35.9 Å². The first-order chi connectivity index (χ1) is 27.0. The number of aromatic nitrogens is 5. The van der Waals surface area contributed by atoms with Crippen molar-refractivity contribution in [2.24, 2.45) is 0 Å². The summed E-state index contributed by atoms with van der Waals surface area (Å²) in [5.74, 6) is 0.0788. The second-order valence-electron chi connectivity index (χ2n) is 11.9. The zero-order chi connectivity index (χ0) is 40.9. The van der Waals surface area contributed by atoms with Gasteiger partial charge in [0.2, 0.25) is 0 Å². The number of aryl methyl sites for hydroxylation is 2. The fraction of sp³-hybridized carbons (Fsp3) is 0.189. The number of carbonyl (C=O) groups excluding carboxylic acids is 1.